The molecule has 154 valence electrons. The number of ketones is 1. The molecule has 0 N–H and O–H groups in total. The molecule has 0 aromatic heterocycles. The average molecular weight is 442 g/mol. The lowest BCUT2D eigenvalue weighted by molar-refractivity contribution is -0.132. The smallest absolute Gasteiger partial charge is 0.225 e. The Bertz CT molecular complexity index is 915. The number of ether oxygens (including phenoxy) is 1. The quantitative estimate of drug-likeness (QED) is 0.581. The first-order valence-electron chi connectivity index (χ1n) is 9.20. The van der Waals surface area contributed by atoms with Gasteiger partial charge in [-0.3, -0.25) is 9.59 Å². The highest BCUT2D eigenvalue weighted by atomic mass is 35.5. The Morgan fingerprint density at radius 1 is 1.03 bits per heavy atom. The van der Waals surface area contributed by atoms with Gasteiger partial charge in [0.05, 0.1) is 28.6 Å². The van der Waals surface area contributed by atoms with Crippen LogP contribution in [0.2, 0.25) is 10.0 Å². The highest BCUT2D eigenvalue weighted by molar-refractivity contribution is 6.42. The number of hydrogen-bond acceptors (Lipinski definition) is 3. The van der Waals surface area contributed by atoms with Gasteiger partial charge >= 0.3 is 0 Å². The van der Waals surface area contributed by atoms with E-state index in [1.54, 1.807) is 23.1 Å². The third-order valence-electron chi connectivity index (χ3n) is 4.89. The molecule has 1 fully saturated rings. The van der Waals surface area contributed by atoms with Crippen molar-refractivity contribution in [3.63, 3.8) is 0 Å². The molecule has 8 heteroatoms. The summed E-state index contributed by atoms with van der Waals surface area (Å²) < 4.78 is 32.7. The van der Waals surface area contributed by atoms with Crippen LogP contribution in [0.15, 0.2) is 36.4 Å². The summed E-state index contributed by atoms with van der Waals surface area (Å²) in [4.78, 5) is 26.5. The summed E-state index contributed by atoms with van der Waals surface area (Å²) in [6.07, 6.45) is 1.000. The molecule has 1 heterocycles. The first-order chi connectivity index (χ1) is 13.8. The molecular weight excluding hydrogens is 423 g/mol. The second kappa shape index (κ2) is 9.55. The highest BCUT2D eigenvalue weighted by Gasteiger charge is 2.29. The van der Waals surface area contributed by atoms with Gasteiger partial charge in [0, 0.05) is 25.1 Å². The molecule has 1 saturated heterocycles. The van der Waals surface area contributed by atoms with Crippen LogP contribution in [0.3, 0.4) is 0 Å². The average Bonchev–Trinajstić information content (AvgIpc) is 2.72. The fourth-order valence-corrected chi connectivity index (χ4v) is 3.57. The van der Waals surface area contributed by atoms with E-state index in [0.717, 1.165) is 18.2 Å². The number of nitrogens with zero attached hydrogens (tertiary/aromatic N) is 1. The molecule has 0 aliphatic carbocycles. The van der Waals surface area contributed by atoms with E-state index >= 15 is 0 Å². The Balaban J connectivity index is 1.47. The fraction of sp³-hybridized carbons (Fsp3) is 0.333. The van der Waals surface area contributed by atoms with Crippen molar-refractivity contribution >= 4 is 34.9 Å². The van der Waals surface area contributed by atoms with Gasteiger partial charge in [-0.25, -0.2) is 8.78 Å². The third kappa shape index (κ3) is 5.46. The van der Waals surface area contributed by atoms with Crippen molar-refractivity contribution < 1.29 is 23.1 Å². The van der Waals surface area contributed by atoms with Gasteiger partial charge in [-0.15, -0.1) is 0 Å². The lowest BCUT2D eigenvalue weighted by atomic mass is 9.88. The van der Waals surface area contributed by atoms with Gasteiger partial charge < -0.3 is 9.64 Å². The maximum absolute atomic E-state index is 13.8. The van der Waals surface area contributed by atoms with E-state index in [4.69, 9.17) is 27.9 Å². The van der Waals surface area contributed by atoms with Crippen molar-refractivity contribution in [3.8, 4) is 5.75 Å². The van der Waals surface area contributed by atoms with Crippen LogP contribution in [-0.4, -0.2) is 36.3 Å². The number of Topliss-reactive ketones (excluding diaryl/α,β-unsaturated/α-hetero) is 1. The van der Waals surface area contributed by atoms with E-state index in [1.807, 2.05) is 0 Å². The molecular formula is C21H19Cl2F2NO3. The first kappa shape index (κ1) is 21.5. The Morgan fingerprint density at radius 3 is 2.45 bits per heavy atom. The Kier molecular flexibility index (Phi) is 7.09. The van der Waals surface area contributed by atoms with Gasteiger partial charge in [0.1, 0.15) is 17.4 Å². The van der Waals surface area contributed by atoms with Crippen LogP contribution in [-0.2, 0) is 4.79 Å². The molecule has 0 saturated carbocycles. The highest BCUT2D eigenvalue weighted by Crippen LogP contribution is 2.27. The van der Waals surface area contributed by atoms with Gasteiger partial charge in [-0.1, -0.05) is 23.2 Å². The summed E-state index contributed by atoms with van der Waals surface area (Å²) in [6.45, 7) is 0.960. The number of amides is 1. The number of hydrogen-bond donors (Lipinski definition) is 0. The number of halogens is 4. The molecule has 0 radical (unpaired) electrons. The summed E-state index contributed by atoms with van der Waals surface area (Å²) in [5.41, 5.74) is -0.232. The number of rotatable bonds is 6. The summed E-state index contributed by atoms with van der Waals surface area (Å²) in [5.74, 6) is -1.79. The van der Waals surface area contributed by atoms with Crippen LogP contribution in [0, 0.1) is 17.6 Å². The topological polar surface area (TPSA) is 46.6 Å². The Labute approximate surface area is 177 Å². The zero-order valence-electron chi connectivity index (χ0n) is 15.5. The molecule has 4 nitrogen and oxygen atoms in total. The van der Waals surface area contributed by atoms with Crippen LogP contribution in [0.4, 0.5) is 8.78 Å². The summed E-state index contributed by atoms with van der Waals surface area (Å²) in [7, 11) is 0. The summed E-state index contributed by atoms with van der Waals surface area (Å²) in [5, 5.41) is 0.794. The molecule has 3 rings (SSSR count). The monoisotopic (exact) mass is 441 g/mol. The first-order valence-corrected chi connectivity index (χ1v) is 9.95. The van der Waals surface area contributed by atoms with E-state index in [1.165, 1.54) is 0 Å². The lowest BCUT2D eigenvalue weighted by Crippen LogP contribution is -2.40. The summed E-state index contributed by atoms with van der Waals surface area (Å²) in [6, 6.07) is 7.72. The van der Waals surface area contributed by atoms with Crippen molar-refractivity contribution in [3.05, 3.63) is 63.6 Å². The van der Waals surface area contributed by atoms with Crippen molar-refractivity contribution in [1.29, 1.82) is 0 Å². The molecule has 0 atom stereocenters. The van der Waals surface area contributed by atoms with Crippen molar-refractivity contribution in [1.82, 2.24) is 4.90 Å². The minimum Gasteiger partial charge on any atom is -0.493 e. The molecule has 1 amide bonds. The number of carbonyl (C=O) groups is 2. The van der Waals surface area contributed by atoms with Crippen molar-refractivity contribution in [2.45, 2.75) is 19.3 Å². The molecule has 1 aliphatic heterocycles. The van der Waals surface area contributed by atoms with E-state index in [9.17, 15) is 18.4 Å². The van der Waals surface area contributed by atoms with Gasteiger partial charge in [0.15, 0.2) is 5.78 Å². The molecule has 2 aromatic rings. The number of benzene rings is 2. The van der Waals surface area contributed by atoms with Gasteiger partial charge in [-0.05, 0) is 43.2 Å². The molecule has 2 aromatic carbocycles. The zero-order chi connectivity index (χ0) is 21.0. The molecule has 1 aliphatic rings. The van der Waals surface area contributed by atoms with Crippen LogP contribution in [0.25, 0.3) is 0 Å². The van der Waals surface area contributed by atoms with Gasteiger partial charge in [0.25, 0.3) is 0 Å². The van der Waals surface area contributed by atoms with E-state index < -0.39 is 23.3 Å². The van der Waals surface area contributed by atoms with Crippen LogP contribution in [0.1, 0.15) is 29.6 Å². The SMILES string of the molecule is O=C(c1cc(F)ccc1F)C1CCN(C(=O)CCOc2ccc(Cl)c(Cl)c2)CC1. The minimum atomic E-state index is -0.727. The largest absolute Gasteiger partial charge is 0.493 e. The fourth-order valence-electron chi connectivity index (χ4n) is 3.28. The maximum Gasteiger partial charge on any atom is 0.225 e. The molecule has 0 unspecified atom stereocenters. The van der Waals surface area contributed by atoms with Crippen LogP contribution >= 0.6 is 23.2 Å². The zero-order valence-corrected chi connectivity index (χ0v) is 17.0. The van der Waals surface area contributed by atoms with Crippen LogP contribution in [0.5, 0.6) is 5.75 Å². The second-order valence-corrected chi connectivity index (χ2v) is 7.63. The van der Waals surface area contributed by atoms with Crippen molar-refractivity contribution in [2.24, 2.45) is 5.92 Å². The second-order valence-electron chi connectivity index (χ2n) is 6.82. The van der Waals surface area contributed by atoms with Gasteiger partial charge in [-0.2, -0.15) is 0 Å². The van der Waals surface area contributed by atoms with Gasteiger partial charge in [0.2, 0.25) is 5.91 Å². The van der Waals surface area contributed by atoms with E-state index in [0.29, 0.717) is 41.7 Å². The van der Waals surface area contributed by atoms with Crippen LogP contribution < -0.4 is 4.74 Å². The minimum absolute atomic E-state index is 0.0899. The third-order valence-corrected chi connectivity index (χ3v) is 5.63. The van der Waals surface area contributed by atoms with E-state index in [2.05, 4.69) is 0 Å². The van der Waals surface area contributed by atoms with E-state index in [-0.39, 0.29) is 24.5 Å². The normalized spacial score (nSPS) is 14.7. The number of likely N-dealkylation sites (tertiary alicyclic amines) is 1. The molecule has 29 heavy (non-hydrogen) atoms. The lowest BCUT2D eigenvalue weighted by Gasteiger charge is -2.31. The Hall–Kier alpha value is -2.18. The van der Waals surface area contributed by atoms with Crippen molar-refractivity contribution in [2.75, 3.05) is 19.7 Å². The standard InChI is InChI=1S/C21H19Cl2F2NO3/c22-17-3-2-15(12-18(17)23)29-10-7-20(27)26-8-5-13(6-9-26)21(28)16-11-14(24)1-4-19(16)25/h1-4,11-13H,5-10H2. The predicted octanol–water partition coefficient (Wildman–Crippen LogP) is 5.16. The number of piperidine rings is 1. The molecule has 0 spiro atoms. The predicted molar refractivity (Wildman–Crippen MR) is 107 cm³/mol. The molecule has 0 bridgehead atoms. The Morgan fingerprint density at radius 2 is 1.76 bits per heavy atom. The maximum atomic E-state index is 13.8. The number of carbonyl (C=O) groups excluding carboxylic acids is 2. The summed E-state index contributed by atoms with van der Waals surface area (Å²) >= 11 is 11.8.